The maximum absolute atomic E-state index is 13.6. The van der Waals surface area contributed by atoms with E-state index in [0.29, 0.717) is 16.5 Å². The molecule has 0 spiro atoms. The molecule has 0 saturated heterocycles. The molecule has 0 nitrogen and oxygen atoms in total. The van der Waals surface area contributed by atoms with E-state index in [-0.39, 0.29) is 5.82 Å². The Morgan fingerprint density at radius 2 is 2.19 bits per heavy atom. The predicted octanol–water partition coefficient (Wildman–Crippen LogP) is 5.32. The molecule has 1 unspecified atom stereocenters. The van der Waals surface area contributed by atoms with Crippen LogP contribution < -0.4 is 0 Å². The van der Waals surface area contributed by atoms with Crippen molar-refractivity contribution in [2.75, 3.05) is 0 Å². The van der Waals surface area contributed by atoms with Crippen LogP contribution in [-0.2, 0) is 0 Å². The minimum absolute atomic E-state index is 0.245. The number of hydrogen-bond donors (Lipinski definition) is 0. The van der Waals surface area contributed by atoms with Gasteiger partial charge in [0.05, 0.1) is 5.02 Å². The first-order valence-electron chi connectivity index (χ1n) is 5.69. The monoisotopic (exact) mass is 240 g/mol. The summed E-state index contributed by atoms with van der Waals surface area (Å²) in [7, 11) is 0. The quantitative estimate of drug-likeness (QED) is 0.668. The predicted molar refractivity (Wildman–Crippen MR) is 69.1 cm³/mol. The summed E-state index contributed by atoms with van der Waals surface area (Å²) in [5.74, 6) is 0.214. The minimum atomic E-state index is -0.245. The smallest absolute Gasteiger partial charge is 0.132 e. The molecule has 0 aliphatic heterocycles. The van der Waals surface area contributed by atoms with Crippen molar-refractivity contribution in [2.45, 2.75) is 33.6 Å². The molecule has 0 radical (unpaired) electrons. The van der Waals surface area contributed by atoms with Crippen LogP contribution in [0.5, 0.6) is 0 Å². The Hall–Kier alpha value is -0.820. The summed E-state index contributed by atoms with van der Waals surface area (Å²) in [6, 6.07) is 4.80. The Morgan fingerprint density at radius 3 is 2.75 bits per heavy atom. The van der Waals surface area contributed by atoms with Gasteiger partial charge < -0.3 is 0 Å². The van der Waals surface area contributed by atoms with E-state index in [1.165, 1.54) is 6.07 Å². The van der Waals surface area contributed by atoms with Gasteiger partial charge in [0.15, 0.2) is 0 Å². The van der Waals surface area contributed by atoms with E-state index in [1.54, 1.807) is 12.1 Å². The van der Waals surface area contributed by atoms with Crippen LogP contribution in [0.1, 0.15) is 39.2 Å². The molecule has 0 aromatic heterocycles. The van der Waals surface area contributed by atoms with Crippen LogP contribution in [0.25, 0.3) is 5.57 Å². The Morgan fingerprint density at radius 1 is 1.50 bits per heavy atom. The highest BCUT2D eigenvalue weighted by Crippen LogP contribution is 2.27. The third-order valence-electron chi connectivity index (χ3n) is 2.64. The fraction of sp³-hybridized carbons (Fsp3) is 0.429. The average molecular weight is 241 g/mol. The normalized spacial score (nSPS) is 13.9. The third-order valence-corrected chi connectivity index (χ3v) is 2.95. The van der Waals surface area contributed by atoms with Crippen molar-refractivity contribution in [2.24, 2.45) is 5.92 Å². The molecule has 0 aliphatic carbocycles. The lowest BCUT2D eigenvalue weighted by Crippen LogP contribution is -1.93. The molecule has 0 fully saturated rings. The van der Waals surface area contributed by atoms with E-state index in [0.717, 1.165) is 18.4 Å². The third kappa shape index (κ3) is 3.34. The van der Waals surface area contributed by atoms with Gasteiger partial charge in [-0.3, -0.25) is 0 Å². The molecule has 88 valence electrons. The average Bonchev–Trinajstić information content (AvgIpc) is 2.17. The van der Waals surface area contributed by atoms with Gasteiger partial charge in [-0.2, -0.15) is 0 Å². The second kappa shape index (κ2) is 6.05. The molecule has 0 saturated carbocycles. The van der Waals surface area contributed by atoms with Crippen molar-refractivity contribution < 1.29 is 4.39 Å². The van der Waals surface area contributed by atoms with Gasteiger partial charge in [0, 0.05) is 5.56 Å². The maximum Gasteiger partial charge on any atom is 0.132 e. The molecular weight excluding hydrogens is 223 g/mol. The van der Waals surface area contributed by atoms with Gasteiger partial charge in [-0.1, -0.05) is 44.0 Å². The van der Waals surface area contributed by atoms with Crippen LogP contribution in [0.3, 0.4) is 0 Å². The zero-order valence-electron chi connectivity index (χ0n) is 10.1. The zero-order chi connectivity index (χ0) is 12.1. The van der Waals surface area contributed by atoms with Crippen molar-refractivity contribution in [3.05, 3.63) is 40.7 Å². The summed E-state index contributed by atoms with van der Waals surface area (Å²) in [4.78, 5) is 0. The van der Waals surface area contributed by atoms with Crippen LogP contribution in [0.4, 0.5) is 4.39 Å². The van der Waals surface area contributed by atoms with Gasteiger partial charge in [0.1, 0.15) is 5.82 Å². The van der Waals surface area contributed by atoms with E-state index < -0.39 is 0 Å². The van der Waals surface area contributed by atoms with Crippen LogP contribution in [0, 0.1) is 11.7 Å². The molecule has 16 heavy (non-hydrogen) atoms. The van der Waals surface area contributed by atoms with Crippen LogP contribution >= 0.6 is 11.6 Å². The summed E-state index contributed by atoms with van der Waals surface area (Å²) in [5.41, 5.74) is 1.45. The van der Waals surface area contributed by atoms with E-state index >= 15 is 0 Å². The Kier molecular flexibility index (Phi) is 5.01. The molecule has 1 atom stereocenters. The van der Waals surface area contributed by atoms with Crippen LogP contribution in [0.2, 0.25) is 5.02 Å². The second-order valence-electron chi connectivity index (χ2n) is 4.21. The first-order valence-corrected chi connectivity index (χ1v) is 6.06. The summed E-state index contributed by atoms with van der Waals surface area (Å²) in [6.07, 6.45) is 4.34. The molecular formula is C14H18ClF. The topological polar surface area (TPSA) is 0 Å². The number of benzene rings is 1. The molecule has 1 aromatic carbocycles. The van der Waals surface area contributed by atoms with E-state index in [9.17, 15) is 4.39 Å². The lowest BCUT2D eigenvalue weighted by atomic mass is 9.99. The zero-order valence-corrected chi connectivity index (χ0v) is 10.8. The van der Waals surface area contributed by atoms with Crippen LogP contribution in [-0.4, -0.2) is 0 Å². The molecule has 0 aliphatic rings. The first-order chi connectivity index (χ1) is 7.56. The standard InChI is InChI=1S/C14H18ClF/c1-4-6-10(2)9-11(3)14-12(15)7-5-8-13(14)16/h5,7-10H,4,6H2,1-3H3/b11-9+. The molecule has 0 bridgehead atoms. The van der Waals surface area contributed by atoms with Gasteiger partial charge in [0.25, 0.3) is 0 Å². The van der Waals surface area contributed by atoms with Crippen molar-refractivity contribution in [3.63, 3.8) is 0 Å². The van der Waals surface area contributed by atoms with Crippen molar-refractivity contribution in [1.82, 2.24) is 0 Å². The highest BCUT2D eigenvalue weighted by Gasteiger charge is 2.09. The van der Waals surface area contributed by atoms with Crippen molar-refractivity contribution >= 4 is 17.2 Å². The van der Waals surface area contributed by atoms with E-state index in [4.69, 9.17) is 11.6 Å². The fourth-order valence-electron chi connectivity index (χ4n) is 1.92. The molecule has 1 rings (SSSR count). The number of halogens is 2. The van der Waals surface area contributed by atoms with E-state index in [1.807, 2.05) is 6.92 Å². The molecule has 0 amide bonds. The Labute approximate surface area is 102 Å². The maximum atomic E-state index is 13.6. The minimum Gasteiger partial charge on any atom is -0.206 e. The Bertz CT molecular complexity index is 362. The summed E-state index contributed by atoms with van der Waals surface area (Å²) in [5, 5.41) is 0.484. The lowest BCUT2D eigenvalue weighted by Gasteiger charge is -2.09. The van der Waals surface area contributed by atoms with Gasteiger partial charge in [-0.15, -0.1) is 0 Å². The SMILES string of the molecule is CCCC(C)/C=C(\C)c1c(F)cccc1Cl. The molecule has 1 aromatic rings. The lowest BCUT2D eigenvalue weighted by molar-refractivity contribution is 0.620. The van der Waals surface area contributed by atoms with Gasteiger partial charge in [-0.05, 0) is 37.0 Å². The summed E-state index contributed by atoms with van der Waals surface area (Å²) >= 11 is 6.00. The Balaban J connectivity index is 3.00. The fourth-order valence-corrected chi connectivity index (χ4v) is 2.24. The number of hydrogen-bond acceptors (Lipinski definition) is 0. The van der Waals surface area contributed by atoms with Gasteiger partial charge >= 0.3 is 0 Å². The summed E-state index contributed by atoms with van der Waals surface area (Å²) < 4.78 is 13.6. The van der Waals surface area contributed by atoms with Gasteiger partial charge in [-0.25, -0.2) is 4.39 Å². The highest BCUT2D eigenvalue weighted by atomic mass is 35.5. The highest BCUT2D eigenvalue weighted by molar-refractivity contribution is 6.32. The molecule has 0 heterocycles. The number of rotatable bonds is 4. The van der Waals surface area contributed by atoms with Gasteiger partial charge in [0.2, 0.25) is 0 Å². The van der Waals surface area contributed by atoms with Crippen molar-refractivity contribution in [1.29, 1.82) is 0 Å². The van der Waals surface area contributed by atoms with Crippen LogP contribution in [0.15, 0.2) is 24.3 Å². The number of allylic oxidation sites excluding steroid dienone is 2. The molecule has 2 heteroatoms. The summed E-state index contributed by atoms with van der Waals surface area (Å²) in [6.45, 7) is 6.20. The largest absolute Gasteiger partial charge is 0.206 e. The first kappa shape index (κ1) is 13.2. The van der Waals surface area contributed by atoms with E-state index in [2.05, 4.69) is 19.9 Å². The molecule has 0 N–H and O–H groups in total. The second-order valence-corrected chi connectivity index (χ2v) is 4.62. The van der Waals surface area contributed by atoms with Crippen molar-refractivity contribution in [3.8, 4) is 0 Å².